The lowest BCUT2D eigenvalue weighted by Crippen LogP contribution is -2.22. The average Bonchev–Trinajstić information content (AvgIpc) is 3.26. The molecule has 0 aliphatic rings. The van der Waals surface area contributed by atoms with Gasteiger partial charge in [-0.05, 0) is 30.9 Å². The summed E-state index contributed by atoms with van der Waals surface area (Å²) in [6.45, 7) is 3.73. The first kappa shape index (κ1) is 19.7. The van der Waals surface area contributed by atoms with Gasteiger partial charge in [-0.25, -0.2) is 0 Å². The number of aryl methyl sites for hydroxylation is 2. The highest BCUT2D eigenvalue weighted by Crippen LogP contribution is 2.17. The zero-order valence-corrected chi connectivity index (χ0v) is 15.8. The van der Waals surface area contributed by atoms with Crippen LogP contribution < -0.4 is 10.6 Å². The molecule has 2 amide bonds. The Morgan fingerprint density at radius 3 is 2.52 bits per heavy atom. The summed E-state index contributed by atoms with van der Waals surface area (Å²) in [6.07, 6.45) is 1.55. The topological polar surface area (TPSA) is 137 Å². The first-order valence-electron chi connectivity index (χ1n) is 8.80. The van der Waals surface area contributed by atoms with Gasteiger partial charge >= 0.3 is 5.82 Å². The number of rotatable bonds is 7. The van der Waals surface area contributed by atoms with Gasteiger partial charge in [-0.2, -0.15) is 9.78 Å². The number of hydrogen-bond donors (Lipinski definition) is 2. The molecule has 0 aliphatic carbocycles. The minimum Gasteiger partial charge on any atom is -0.358 e. The number of aromatic nitrogens is 4. The normalized spacial score (nSPS) is 10.6. The van der Waals surface area contributed by atoms with Gasteiger partial charge in [0.25, 0.3) is 5.91 Å². The summed E-state index contributed by atoms with van der Waals surface area (Å²) in [7, 11) is 0. The van der Waals surface area contributed by atoms with E-state index in [9.17, 15) is 19.7 Å². The molecule has 1 aromatic carbocycles. The first-order valence-corrected chi connectivity index (χ1v) is 8.80. The largest absolute Gasteiger partial charge is 0.390 e. The van der Waals surface area contributed by atoms with E-state index >= 15 is 0 Å². The predicted octanol–water partition coefficient (Wildman–Crippen LogP) is 2.21. The lowest BCUT2D eigenvalue weighted by molar-refractivity contribution is -0.389. The highest BCUT2D eigenvalue weighted by atomic mass is 16.6. The molecular formula is C18H19N7O4. The van der Waals surface area contributed by atoms with Crippen molar-refractivity contribution >= 4 is 29.0 Å². The molecule has 0 bridgehead atoms. The molecule has 2 N–H and O–H groups in total. The Bertz CT molecular complexity index is 1060. The molecule has 0 radical (unpaired) electrons. The summed E-state index contributed by atoms with van der Waals surface area (Å²) < 4.78 is 2.75. The van der Waals surface area contributed by atoms with Crippen LogP contribution in [0.25, 0.3) is 0 Å². The summed E-state index contributed by atoms with van der Waals surface area (Å²) >= 11 is 0. The van der Waals surface area contributed by atoms with E-state index in [0.29, 0.717) is 17.9 Å². The maximum absolute atomic E-state index is 12.6. The maximum atomic E-state index is 12.6. The Morgan fingerprint density at radius 1 is 1.17 bits per heavy atom. The molecule has 29 heavy (non-hydrogen) atoms. The minimum atomic E-state index is -0.626. The fourth-order valence-electron chi connectivity index (χ4n) is 2.62. The molecule has 3 aromatic rings. The van der Waals surface area contributed by atoms with E-state index in [-0.39, 0.29) is 23.7 Å². The van der Waals surface area contributed by atoms with Crippen molar-refractivity contribution in [1.29, 1.82) is 0 Å². The fraction of sp³-hybridized carbons (Fsp3) is 0.222. The van der Waals surface area contributed by atoms with Crippen LogP contribution in [0.5, 0.6) is 0 Å². The van der Waals surface area contributed by atoms with Crippen molar-refractivity contribution < 1.29 is 14.5 Å². The van der Waals surface area contributed by atoms with Crippen LogP contribution in [0.4, 0.5) is 17.2 Å². The van der Waals surface area contributed by atoms with Crippen molar-refractivity contribution in [3.05, 3.63) is 64.1 Å². The quantitative estimate of drug-likeness (QED) is 0.463. The van der Waals surface area contributed by atoms with E-state index in [1.807, 2.05) is 13.0 Å². The van der Waals surface area contributed by atoms with Gasteiger partial charge in [0.15, 0.2) is 5.69 Å². The second-order valence-electron chi connectivity index (χ2n) is 6.17. The highest BCUT2D eigenvalue weighted by Gasteiger charge is 2.21. The molecule has 2 aromatic heterocycles. The number of benzene rings is 1. The van der Waals surface area contributed by atoms with E-state index in [1.165, 1.54) is 15.4 Å². The summed E-state index contributed by atoms with van der Waals surface area (Å²) in [6, 6.07) is 10.2. The predicted molar refractivity (Wildman–Crippen MR) is 105 cm³/mol. The number of nitrogens with one attached hydrogen (secondary N) is 2. The van der Waals surface area contributed by atoms with Crippen LogP contribution in [0.2, 0.25) is 0 Å². The van der Waals surface area contributed by atoms with Crippen LogP contribution in [0.15, 0.2) is 42.6 Å². The molecule has 0 fully saturated rings. The molecule has 2 heterocycles. The second-order valence-corrected chi connectivity index (χ2v) is 6.17. The third-order valence-electron chi connectivity index (χ3n) is 4.06. The summed E-state index contributed by atoms with van der Waals surface area (Å²) in [5, 5.41) is 24.2. The number of nitro groups is 1. The van der Waals surface area contributed by atoms with Gasteiger partial charge < -0.3 is 20.7 Å². The molecule has 3 rings (SSSR count). The van der Waals surface area contributed by atoms with Crippen LogP contribution in [0.3, 0.4) is 0 Å². The molecule has 0 spiro atoms. The van der Waals surface area contributed by atoms with Crippen LogP contribution in [-0.4, -0.2) is 36.3 Å². The van der Waals surface area contributed by atoms with Crippen LogP contribution in [0.1, 0.15) is 23.1 Å². The number of amides is 2. The second kappa shape index (κ2) is 8.33. The van der Waals surface area contributed by atoms with E-state index in [1.54, 1.807) is 37.4 Å². The Hall–Kier alpha value is -4.02. The third-order valence-corrected chi connectivity index (χ3v) is 4.06. The zero-order valence-electron chi connectivity index (χ0n) is 15.8. The Balaban J connectivity index is 1.76. The van der Waals surface area contributed by atoms with Gasteiger partial charge in [0.1, 0.15) is 6.54 Å². The molecule has 0 saturated carbocycles. The number of carbonyl (C=O) groups is 2. The molecule has 0 saturated heterocycles. The number of carbonyl (C=O) groups excluding carboxylic acids is 2. The molecule has 0 atom stereocenters. The average molecular weight is 397 g/mol. The van der Waals surface area contributed by atoms with Crippen LogP contribution >= 0.6 is 0 Å². The highest BCUT2D eigenvalue weighted by molar-refractivity contribution is 6.08. The molecule has 11 nitrogen and oxygen atoms in total. The SMILES string of the molecule is CCn1cc(NC(=O)Cn2nc([N+](=O)[O-])cc2C)c(C(=O)Nc2ccccc2)n1. The van der Waals surface area contributed by atoms with Crippen molar-refractivity contribution in [3.8, 4) is 0 Å². The van der Waals surface area contributed by atoms with Crippen molar-refractivity contribution in [2.75, 3.05) is 10.6 Å². The van der Waals surface area contributed by atoms with Gasteiger partial charge in [0, 0.05) is 18.4 Å². The van der Waals surface area contributed by atoms with E-state index < -0.39 is 16.7 Å². The van der Waals surface area contributed by atoms with Crippen molar-refractivity contribution in [2.24, 2.45) is 0 Å². The third kappa shape index (κ3) is 4.64. The van der Waals surface area contributed by atoms with Gasteiger partial charge in [-0.3, -0.25) is 14.3 Å². The first-order chi connectivity index (χ1) is 13.9. The molecule has 0 aliphatic heterocycles. The van der Waals surface area contributed by atoms with E-state index in [0.717, 1.165) is 0 Å². The van der Waals surface area contributed by atoms with E-state index in [2.05, 4.69) is 20.8 Å². The fourth-order valence-corrected chi connectivity index (χ4v) is 2.62. The number of hydrogen-bond acceptors (Lipinski definition) is 6. The molecular weight excluding hydrogens is 378 g/mol. The van der Waals surface area contributed by atoms with Gasteiger partial charge in [0.05, 0.1) is 22.5 Å². The Morgan fingerprint density at radius 2 is 1.90 bits per heavy atom. The summed E-state index contributed by atoms with van der Waals surface area (Å²) in [4.78, 5) is 35.2. The summed E-state index contributed by atoms with van der Waals surface area (Å²) in [5.41, 5.74) is 1.37. The monoisotopic (exact) mass is 397 g/mol. The van der Waals surface area contributed by atoms with Crippen LogP contribution in [0, 0.1) is 17.0 Å². The number of nitrogens with zero attached hydrogens (tertiary/aromatic N) is 5. The van der Waals surface area contributed by atoms with Gasteiger partial charge in [0.2, 0.25) is 5.91 Å². The standard InChI is InChI=1S/C18H19N7O4/c1-3-23-10-14(17(22-23)18(27)19-13-7-5-4-6-8-13)20-16(26)11-24-12(2)9-15(21-24)25(28)29/h4-10H,3,11H2,1-2H3,(H,19,27)(H,20,26). The Kier molecular flexibility index (Phi) is 5.67. The minimum absolute atomic E-state index is 0.0622. The van der Waals surface area contributed by atoms with Crippen molar-refractivity contribution in [2.45, 2.75) is 26.9 Å². The van der Waals surface area contributed by atoms with E-state index in [4.69, 9.17) is 0 Å². The van der Waals surface area contributed by atoms with Crippen molar-refractivity contribution in [1.82, 2.24) is 19.6 Å². The van der Waals surface area contributed by atoms with Crippen LogP contribution in [-0.2, 0) is 17.9 Å². The van der Waals surface area contributed by atoms with Crippen molar-refractivity contribution in [3.63, 3.8) is 0 Å². The lowest BCUT2D eigenvalue weighted by atomic mass is 10.3. The molecule has 150 valence electrons. The molecule has 0 unspecified atom stereocenters. The summed E-state index contributed by atoms with van der Waals surface area (Å²) in [5.74, 6) is -1.29. The molecule has 11 heteroatoms. The maximum Gasteiger partial charge on any atom is 0.390 e. The Labute approximate surface area is 165 Å². The lowest BCUT2D eigenvalue weighted by Gasteiger charge is -2.06. The number of para-hydroxylation sites is 1. The smallest absolute Gasteiger partial charge is 0.358 e. The van der Waals surface area contributed by atoms with Gasteiger partial charge in [-0.1, -0.05) is 18.2 Å². The zero-order chi connectivity index (χ0) is 21.0. The number of anilines is 2. The van der Waals surface area contributed by atoms with Gasteiger partial charge in [-0.15, -0.1) is 0 Å².